The maximum atomic E-state index is 13.8. The third-order valence-electron chi connectivity index (χ3n) is 3.95. The third-order valence-corrected chi connectivity index (χ3v) is 4.05. The Morgan fingerprint density at radius 1 is 1.13 bits per heavy atom. The Kier molecular flexibility index (Phi) is 4.70. The summed E-state index contributed by atoms with van der Waals surface area (Å²) in [6.07, 6.45) is 1.92. The normalized spacial score (nSPS) is 19.4. The van der Waals surface area contributed by atoms with Crippen molar-refractivity contribution < 1.29 is 13.9 Å². The van der Waals surface area contributed by atoms with Crippen LogP contribution in [0.1, 0.15) is 12.8 Å². The molecule has 118 valence electrons. The average Bonchev–Trinajstić information content (AvgIpc) is 2.53. The van der Waals surface area contributed by atoms with Crippen LogP contribution in [0.4, 0.5) is 4.39 Å². The molecule has 1 aliphatic rings. The minimum absolute atomic E-state index is 0.177. The van der Waals surface area contributed by atoms with Crippen LogP contribution in [-0.4, -0.2) is 24.4 Å². The molecule has 0 atom stereocenters. The summed E-state index contributed by atoms with van der Waals surface area (Å²) in [5, 5.41) is 2.41. The van der Waals surface area contributed by atoms with Gasteiger partial charge in [0.05, 0.1) is 18.3 Å². The SMILES string of the molecule is COc1ccc(-c2ccc(O[C@H]3C[C@@H](N=C=S)C3)cc2)cc1F. The van der Waals surface area contributed by atoms with E-state index in [0.29, 0.717) is 0 Å². The van der Waals surface area contributed by atoms with Crippen molar-refractivity contribution in [3.63, 3.8) is 0 Å². The van der Waals surface area contributed by atoms with E-state index >= 15 is 0 Å². The molecule has 1 aliphatic carbocycles. The van der Waals surface area contributed by atoms with Gasteiger partial charge in [0.25, 0.3) is 0 Å². The molecule has 0 saturated heterocycles. The second kappa shape index (κ2) is 6.90. The fourth-order valence-corrected chi connectivity index (χ4v) is 2.73. The van der Waals surface area contributed by atoms with Gasteiger partial charge in [0.2, 0.25) is 0 Å². The molecule has 0 spiro atoms. The van der Waals surface area contributed by atoms with Gasteiger partial charge in [-0.15, -0.1) is 0 Å². The summed E-state index contributed by atoms with van der Waals surface area (Å²) in [7, 11) is 1.45. The van der Waals surface area contributed by atoms with Crippen LogP contribution >= 0.6 is 12.2 Å². The fraction of sp³-hybridized carbons (Fsp3) is 0.278. The Balaban J connectivity index is 1.65. The molecule has 5 heteroatoms. The van der Waals surface area contributed by atoms with Gasteiger partial charge in [0, 0.05) is 12.8 Å². The summed E-state index contributed by atoms with van der Waals surface area (Å²) in [5.41, 5.74) is 1.73. The number of ether oxygens (including phenoxy) is 2. The van der Waals surface area contributed by atoms with E-state index in [0.717, 1.165) is 29.7 Å². The van der Waals surface area contributed by atoms with E-state index in [1.165, 1.54) is 13.2 Å². The Hall–Kier alpha value is -2.23. The van der Waals surface area contributed by atoms with Gasteiger partial charge >= 0.3 is 0 Å². The van der Waals surface area contributed by atoms with Crippen LogP contribution in [-0.2, 0) is 0 Å². The molecule has 1 saturated carbocycles. The van der Waals surface area contributed by atoms with Gasteiger partial charge in [-0.3, -0.25) is 0 Å². The summed E-state index contributed by atoms with van der Waals surface area (Å²) in [6, 6.07) is 12.8. The molecule has 3 nitrogen and oxygen atoms in total. The van der Waals surface area contributed by atoms with Crippen LogP contribution in [0.15, 0.2) is 47.5 Å². The summed E-state index contributed by atoms with van der Waals surface area (Å²) < 4.78 is 24.6. The van der Waals surface area contributed by atoms with Crippen LogP contribution < -0.4 is 9.47 Å². The van der Waals surface area contributed by atoms with E-state index in [1.54, 1.807) is 6.07 Å². The quantitative estimate of drug-likeness (QED) is 0.597. The fourth-order valence-electron chi connectivity index (χ4n) is 2.58. The maximum absolute atomic E-state index is 13.8. The first-order chi connectivity index (χ1) is 11.2. The molecule has 0 bridgehead atoms. The van der Waals surface area contributed by atoms with Gasteiger partial charge in [-0.1, -0.05) is 18.2 Å². The zero-order valence-electron chi connectivity index (χ0n) is 12.7. The second-order valence-electron chi connectivity index (χ2n) is 5.46. The molecule has 0 N–H and O–H groups in total. The largest absolute Gasteiger partial charge is 0.494 e. The highest BCUT2D eigenvalue weighted by molar-refractivity contribution is 7.78. The van der Waals surface area contributed by atoms with E-state index < -0.39 is 0 Å². The molecule has 0 unspecified atom stereocenters. The number of isothiocyanates is 1. The molecule has 0 amide bonds. The van der Waals surface area contributed by atoms with Crippen molar-refractivity contribution in [2.45, 2.75) is 25.0 Å². The molecular formula is C18H16FNO2S. The van der Waals surface area contributed by atoms with Crippen molar-refractivity contribution in [2.75, 3.05) is 7.11 Å². The minimum Gasteiger partial charge on any atom is -0.494 e. The molecule has 23 heavy (non-hydrogen) atoms. The van der Waals surface area contributed by atoms with Gasteiger partial charge in [0.1, 0.15) is 11.9 Å². The Morgan fingerprint density at radius 2 is 1.83 bits per heavy atom. The number of halogens is 1. The number of hydrogen-bond acceptors (Lipinski definition) is 4. The zero-order valence-corrected chi connectivity index (χ0v) is 13.5. The highest BCUT2D eigenvalue weighted by Crippen LogP contribution is 2.30. The molecule has 0 radical (unpaired) electrons. The minimum atomic E-state index is -0.370. The number of aliphatic imine (C=N–C) groups is 1. The van der Waals surface area contributed by atoms with Crippen molar-refractivity contribution >= 4 is 17.4 Å². The maximum Gasteiger partial charge on any atom is 0.165 e. The Labute approximate surface area is 139 Å². The predicted octanol–water partition coefficient (Wildman–Crippen LogP) is 4.51. The lowest BCUT2D eigenvalue weighted by atomic mass is 9.90. The highest BCUT2D eigenvalue weighted by atomic mass is 32.1. The lowest BCUT2D eigenvalue weighted by Crippen LogP contribution is -2.36. The number of hydrogen-bond donors (Lipinski definition) is 0. The standard InChI is InChI=1S/C18H16FNO2S/c1-21-18-7-4-13(8-17(18)19)12-2-5-15(6-3-12)22-16-9-14(10-16)20-11-23/h2-8,14,16H,9-10H2,1H3/t14-,16+. The Bertz CT molecular complexity index is 735. The highest BCUT2D eigenvalue weighted by Gasteiger charge is 2.30. The summed E-state index contributed by atoms with van der Waals surface area (Å²) >= 11 is 4.59. The van der Waals surface area contributed by atoms with E-state index in [2.05, 4.69) is 22.4 Å². The van der Waals surface area contributed by atoms with Crippen molar-refractivity contribution in [1.29, 1.82) is 0 Å². The number of nitrogens with zero attached hydrogens (tertiary/aromatic N) is 1. The number of thiocarbonyl (C=S) groups is 1. The Morgan fingerprint density at radius 3 is 2.43 bits per heavy atom. The molecular weight excluding hydrogens is 313 g/mol. The van der Waals surface area contributed by atoms with Crippen LogP contribution in [0, 0.1) is 5.82 Å². The van der Waals surface area contributed by atoms with E-state index in [9.17, 15) is 4.39 Å². The molecule has 2 aromatic carbocycles. The van der Waals surface area contributed by atoms with Gasteiger partial charge in [-0.25, -0.2) is 9.38 Å². The molecule has 3 rings (SSSR count). The van der Waals surface area contributed by atoms with Crippen LogP contribution in [0.5, 0.6) is 11.5 Å². The second-order valence-corrected chi connectivity index (χ2v) is 5.64. The first-order valence-corrected chi connectivity index (χ1v) is 7.78. The average molecular weight is 329 g/mol. The van der Waals surface area contributed by atoms with E-state index in [-0.39, 0.29) is 23.7 Å². The summed E-state index contributed by atoms with van der Waals surface area (Å²) in [5.74, 6) is 0.676. The van der Waals surface area contributed by atoms with Gasteiger partial charge in [-0.2, -0.15) is 0 Å². The molecule has 0 aliphatic heterocycles. The van der Waals surface area contributed by atoms with Crippen molar-refractivity contribution in [1.82, 2.24) is 0 Å². The van der Waals surface area contributed by atoms with E-state index in [4.69, 9.17) is 9.47 Å². The van der Waals surface area contributed by atoms with Gasteiger partial charge < -0.3 is 9.47 Å². The van der Waals surface area contributed by atoms with Crippen molar-refractivity contribution in [3.8, 4) is 22.6 Å². The third kappa shape index (κ3) is 3.58. The smallest absolute Gasteiger partial charge is 0.165 e. The zero-order chi connectivity index (χ0) is 16.2. The first-order valence-electron chi connectivity index (χ1n) is 7.37. The molecule has 1 fully saturated rings. The van der Waals surface area contributed by atoms with Crippen LogP contribution in [0.25, 0.3) is 11.1 Å². The first kappa shape index (κ1) is 15.7. The number of rotatable bonds is 5. The molecule has 0 heterocycles. The van der Waals surface area contributed by atoms with Crippen molar-refractivity contribution in [3.05, 3.63) is 48.3 Å². The van der Waals surface area contributed by atoms with Gasteiger partial charge in [-0.05, 0) is 47.6 Å². The van der Waals surface area contributed by atoms with Crippen LogP contribution in [0.2, 0.25) is 0 Å². The number of methoxy groups -OCH3 is 1. The topological polar surface area (TPSA) is 30.8 Å². The summed E-state index contributed by atoms with van der Waals surface area (Å²) in [6.45, 7) is 0. The molecule has 0 aromatic heterocycles. The predicted molar refractivity (Wildman–Crippen MR) is 90.9 cm³/mol. The van der Waals surface area contributed by atoms with E-state index in [1.807, 2.05) is 30.3 Å². The lowest BCUT2D eigenvalue weighted by molar-refractivity contribution is 0.102. The van der Waals surface area contributed by atoms with Crippen molar-refractivity contribution in [2.24, 2.45) is 4.99 Å². The van der Waals surface area contributed by atoms with Crippen LogP contribution in [0.3, 0.4) is 0 Å². The lowest BCUT2D eigenvalue weighted by Gasteiger charge is -2.31. The summed E-state index contributed by atoms with van der Waals surface area (Å²) in [4.78, 5) is 4.04. The molecule has 2 aromatic rings. The number of benzene rings is 2. The monoisotopic (exact) mass is 329 g/mol. The van der Waals surface area contributed by atoms with Gasteiger partial charge in [0.15, 0.2) is 11.6 Å².